The lowest BCUT2D eigenvalue weighted by atomic mass is 9.85. The number of alkyl carbamates (subject to hydrolysis) is 1. The maximum atomic E-state index is 14.4. The summed E-state index contributed by atoms with van der Waals surface area (Å²) in [4.78, 5) is 81.6. The number of fused-ring (bicyclic) bond motifs is 1. The minimum atomic E-state index is -4.92. The van der Waals surface area contributed by atoms with E-state index in [0.717, 1.165) is 34.6 Å². The second kappa shape index (κ2) is 21.5. The topological polar surface area (TPSA) is 270 Å². The molecule has 1 saturated heterocycles. The summed E-state index contributed by atoms with van der Waals surface area (Å²) in [5, 5.41) is 16.7. The van der Waals surface area contributed by atoms with E-state index < -0.39 is 109 Å². The Morgan fingerprint density at radius 2 is 1.48 bits per heavy atom. The summed E-state index contributed by atoms with van der Waals surface area (Å²) in [6.45, 7) is 10.5. The largest absolute Gasteiger partial charge is 0.514 e. The fraction of sp³-hybridized carbons (Fsp3) is 0.574. The first-order valence-corrected chi connectivity index (χ1v) is 24.6. The van der Waals surface area contributed by atoms with Gasteiger partial charge in [-0.05, 0) is 107 Å². The number of carbonyl (C=O) groups is 5. The van der Waals surface area contributed by atoms with Crippen molar-refractivity contribution in [3.63, 3.8) is 0 Å². The minimum Gasteiger partial charge on any atom is -0.497 e. The van der Waals surface area contributed by atoms with E-state index >= 15 is 0 Å². The fourth-order valence-electron chi connectivity index (χ4n) is 7.52. The predicted octanol–water partition coefficient (Wildman–Crippen LogP) is 7.74. The standard InChI is InChI=1S/C36H48F3N5O10S.C11H10F3NO5/c1-9-21-18-35(21,30(47)43-55(49,50)54-34(7)13-14-34)42-27(45)25-17-23(52-28-24-11-10-22(51-8)16-20(24)12-15-40-28)19-44(25)29(46)26(32(2,3)4)41-31(48)53-33(5,6)36(37,38)39;1-10(2,11(12,13)14)20-9(16)19-8-5-3-7(4-6-8)15(17)18/h10-12,15-16,21,23,25-26H,9,13-14,17-19H2,1-8H3,(H,41,48)(H,42,45)(H,43,47);3-6H,1-2H3/t21-,23-,25+,26-,35-;/m1./s1. The molecule has 2 aliphatic carbocycles. The lowest BCUT2D eigenvalue weighted by molar-refractivity contribution is -0.384. The van der Waals surface area contributed by atoms with Gasteiger partial charge < -0.3 is 39.2 Å². The lowest BCUT2D eigenvalue weighted by Gasteiger charge is -2.36. The molecule has 3 aromatic rings. The number of amides is 4. The highest BCUT2D eigenvalue weighted by atomic mass is 32.2. The Balaban J connectivity index is 0.000000436. The average Bonchev–Trinajstić information content (AvgIpc) is 4.15. The number of pyridine rings is 1. The molecule has 0 radical (unpaired) electrons. The molecule has 21 nitrogen and oxygen atoms in total. The highest BCUT2D eigenvalue weighted by Crippen LogP contribution is 2.47. The third kappa shape index (κ3) is 14.6. The number of carbonyl (C=O) groups excluding carboxylic acids is 5. The van der Waals surface area contributed by atoms with Crippen molar-refractivity contribution < 1.29 is 91.5 Å². The highest BCUT2D eigenvalue weighted by Gasteiger charge is 2.62. The molecule has 2 saturated carbocycles. The predicted molar refractivity (Wildman–Crippen MR) is 251 cm³/mol. The van der Waals surface area contributed by atoms with E-state index in [0.29, 0.717) is 58.1 Å². The van der Waals surface area contributed by atoms with E-state index in [1.165, 1.54) is 13.3 Å². The van der Waals surface area contributed by atoms with Gasteiger partial charge >= 0.3 is 34.9 Å². The van der Waals surface area contributed by atoms with Crippen LogP contribution in [0.25, 0.3) is 10.8 Å². The number of aromatic nitrogens is 1. The summed E-state index contributed by atoms with van der Waals surface area (Å²) in [6.07, 6.45) is -10.8. The SMILES string of the molecule is CC(C)(OC(=O)Oc1ccc([N+](=O)[O-])cc1)C(F)(F)F.CC[C@@H]1C[C@]1(NC(=O)[C@@H]1C[C@@H](Oc2nccc3cc(OC)ccc23)CN1C(=O)[C@@H](NC(=O)OC(C)(C)C(F)(F)F)C(C)(C)C)C(=O)NS(=O)(=O)OC1(C)CC1. The molecule has 0 bridgehead atoms. The summed E-state index contributed by atoms with van der Waals surface area (Å²) in [5.74, 6) is -2.51. The van der Waals surface area contributed by atoms with Crippen LogP contribution in [0, 0.1) is 21.4 Å². The Kier molecular flexibility index (Phi) is 17.0. The van der Waals surface area contributed by atoms with Crippen LogP contribution in [0.2, 0.25) is 0 Å². The maximum absolute atomic E-state index is 14.4. The molecule has 2 aromatic carbocycles. The van der Waals surface area contributed by atoms with E-state index in [2.05, 4.69) is 25.1 Å². The first-order valence-electron chi connectivity index (χ1n) is 23.1. The Bertz CT molecular complexity index is 2770. The first-order chi connectivity index (χ1) is 34.4. The van der Waals surface area contributed by atoms with Gasteiger partial charge in [-0.2, -0.15) is 34.8 Å². The van der Waals surface area contributed by atoms with Gasteiger partial charge in [-0.3, -0.25) is 24.5 Å². The van der Waals surface area contributed by atoms with Crippen molar-refractivity contribution in [2.24, 2.45) is 11.3 Å². The molecule has 3 N–H and O–H groups in total. The Hall–Kier alpha value is -6.71. The summed E-state index contributed by atoms with van der Waals surface area (Å²) >= 11 is 0. The zero-order valence-corrected chi connectivity index (χ0v) is 43.2. The molecule has 1 aromatic heterocycles. The molecular formula is C47H58F6N6O15S. The monoisotopic (exact) mass is 1090 g/mol. The number of non-ortho nitro benzene ring substituents is 1. The second-order valence-corrected chi connectivity index (χ2v) is 21.7. The number of alkyl halides is 6. The highest BCUT2D eigenvalue weighted by molar-refractivity contribution is 7.85. The molecule has 0 spiro atoms. The number of nitrogens with zero attached hydrogens (tertiary/aromatic N) is 3. The van der Waals surface area contributed by atoms with Gasteiger partial charge in [0.1, 0.15) is 35.2 Å². The zero-order chi connectivity index (χ0) is 56.5. The smallest absolute Gasteiger partial charge is 0.497 e. The van der Waals surface area contributed by atoms with Gasteiger partial charge in [0, 0.05) is 30.1 Å². The Morgan fingerprint density at radius 3 is 2.00 bits per heavy atom. The van der Waals surface area contributed by atoms with E-state index in [1.54, 1.807) is 58.9 Å². The van der Waals surface area contributed by atoms with Crippen molar-refractivity contribution in [3.8, 4) is 17.4 Å². The average molecular weight is 1090 g/mol. The van der Waals surface area contributed by atoms with Gasteiger partial charge in [0.25, 0.3) is 11.6 Å². The van der Waals surface area contributed by atoms with Crippen molar-refractivity contribution in [2.75, 3.05) is 13.7 Å². The van der Waals surface area contributed by atoms with Crippen LogP contribution in [-0.4, -0.2) is 120 Å². The van der Waals surface area contributed by atoms with Crippen LogP contribution in [-0.2, 0) is 38.3 Å². The quantitative estimate of drug-likeness (QED) is 0.0407. The molecule has 6 rings (SSSR count). The van der Waals surface area contributed by atoms with Crippen molar-refractivity contribution in [3.05, 3.63) is 64.8 Å². The number of ether oxygens (including phenoxy) is 5. The van der Waals surface area contributed by atoms with E-state index in [-0.39, 0.29) is 36.7 Å². The lowest BCUT2D eigenvalue weighted by Crippen LogP contribution is -2.60. The van der Waals surface area contributed by atoms with Crippen LogP contribution in [0.1, 0.15) is 94.4 Å². The van der Waals surface area contributed by atoms with Crippen LogP contribution >= 0.6 is 0 Å². The van der Waals surface area contributed by atoms with E-state index in [9.17, 15) is 68.8 Å². The number of methoxy groups -OCH3 is 1. The summed E-state index contributed by atoms with van der Waals surface area (Å²) in [7, 11) is -3.01. The van der Waals surface area contributed by atoms with Crippen LogP contribution in [0.5, 0.6) is 17.4 Å². The molecule has 414 valence electrons. The van der Waals surface area contributed by atoms with Crippen LogP contribution in [0.3, 0.4) is 0 Å². The molecule has 0 unspecified atom stereocenters. The van der Waals surface area contributed by atoms with Crippen molar-refractivity contribution in [2.45, 2.75) is 147 Å². The normalized spacial score (nSPS) is 20.8. The van der Waals surface area contributed by atoms with Crippen LogP contribution < -0.4 is 29.6 Å². The van der Waals surface area contributed by atoms with Crippen molar-refractivity contribution in [1.29, 1.82) is 0 Å². The molecular weight excluding hydrogens is 1030 g/mol. The summed E-state index contributed by atoms with van der Waals surface area (Å²) in [5.41, 5.74) is -9.53. The Morgan fingerprint density at radius 1 is 0.893 bits per heavy atom. The van der Waals surface area contributed by atoms with Crippen molar-refractivity contribution >= 4 is 56.7 Å². The van der Waals surface area contributed by atoms with Gasteiger partial charge in [0.2, 0.25) is 28.9 Å². The molecule has 3 aliphatic rings. The molecule has 4 amide bonds. The number of benzene rings is 2. The summed E-state index contributed by atoms with van der Waals surface area (Å²) in [6, 6.07) is 8.31. The number of nitro benzene ring substituents is 1. The van der Waals surface area contributed by atoms with Crippen LogP contribution in [0.4, 0.5) is 41.6 Å². The Labute approximate surface area is 427 Å². The number of halogens is 6. The number of rotatable bonds is 16. The molecule has 2 heterocycles. The summed E-state index contributed by atoms with van der Waals surface area (Å²) < 4.78 is 136. The van der Waals surface area contributed by atoms with Gasteiger partial charge in [-0.25, -0.2) is 23.5 Å². The van der Waals surface area contributed by atoms with Gasteiger partial charge in [-0.15, -0.1) is 0 Å². The number of hydrogen-bond donors (Lipinski definition) is 3. The fourth-order valence-corrected chi connectivity index (χ4v) is 8.66. The molecule has 1 aliphatic heterocycles. The number of nitro groups is 1. The minimum absolute atomic E-state index is 0.102. The maximum Gasteiger partial charge on any atom is 0.514 e. The number of nitrogens with one attached hydrogen (secondary N) is 3. The first kappa shape index (κ1) is 59.2. The van der Waals surface area contributed by atoms with Gasteiger partial charge in [0.15, 0.2) is 0 Å². The molecule has 75 heavy (non-hydrogen) atoms. The van der Waals surface area contributed by atoms with E-state index in [4.69, 9.17) is 18.4 Å². The van der Waals surface area contributed by atoms with Gasteiger partial charge in [0.05, 0.1) is 24.2 Å². The van der Waals surface area contributed by atoms with E-state index in [1.807, 2.05) is 4.72 Å². The third-order valence-electron chi connectivity index (χ3n) is 12.6. The second-order valence-electron chi connectivity index (χ2n) is 20.4. The van der Waals surface area contributed by atoms with Crippen LogP contribution in [0.15, 0.2) is 54.7 Å². The van der Waals surface area contributed by atoms with Crippen molar-refractivity contribution in [1.82, 2.24) is 25.2 Å². The van der Waals surface area contributed by atoms with Gasteiger partial charge in [-0.1, -0.05) is 34.1 Å². The molecule has 3 fully saturated rings. The molecule has 5 atom stereocenters. The zero-order valence-electron chi connectivity index (χ0n) is 42.4. The molecule has 28 heteroatoms. The number of likely N-dealkylation sites (tertiary alicyclic amines) is 1. The number of hydrogen-bond acceptors (Lipinski definition) is 16. The third-order valence-corrected chi connectivity index (χ3v) is 13.6.